The van der Waals surface area contributed by atoms with E-state index < -0.39 is 5.92 Å². The van der Waals surface area contributed by atoms with Crippen LogP contribution < -0.4 is 0 Å². The van der Waals surface area contributed by atoms with Crippen molar-refractivity contribution < 1.29 is 13.5 Å². The number of aromatic nitrogens is 2. The van der Waals surface area contributed by atoms with E-state index in [1.54, 1.807) is 0 Å². The number of rotatable bonds is 3. The minimum absolute atomic E-state index is 0.0102. The van der Waals surface area contributed by atoms with Gasteiger partial charge in [0.25, 0.3) is 0 Å². The topological polar surface area (TPSA) is 30.3 Å². The zero-order valence-corrected chi connectivity index (χ0v) is 13.8. The lowest BCUT2D eigenvalue weighted by Crippen LogP contribution is -2.58. The Morgan fingerprint density at radius 3 is 2.62 bits per heavy atom. The van der Waals surface area contributed by atoms with E-state index >= 15 is 0 Å². The van der Waals surface area contributed by atoms with E-state index in [9.17, 15) is 8.78 Å². The summed E-state index contributed by atoms with van der Waals surface area (Å²) < 4.78 is 35.0. The standard InChI is InChI=1S/C14H18F2IN3O/c15-14(16)2-1-10(4-14)20-12(3-13(17)18-20)9-5-19(6-9)11-7-21-8-11/h3,9-11H,1-2,4-8H2. The summed E-state index contributed by atoms with van der Waals surface area (Å²) in [5.74, 6) is -2.09. The number of halogens is 3. The molecule has 1 atom stereocenters. The summed E-state index contributed by atoms with van der Waals surface area (Å²) in [5.41, 5.74) is 1.14. The molecule has 1 aromatic heterocycles. The molecule has 0 spiro atoms. The second-order valence-corrected chi connectivity index (χ2v) is 7.54. The average molecular weight is 409 g/mol. The Bertz CT molecular complexity index is 540. The summed E-state index contributed by atoms with van der Waals surface area (Å²) in [7, 11) is 0. The third-order valence-electron chi connectivity index (χ3n) is 4.92. The summed E-state index contributed by atoms with van der Waals surface area (Å²) in [4.78, 5) is 2.42. The lowest BCUT2D eigenvalue weighted by Gasteiger charge is -2.47. The number of likely N-dealkylation sites (tertiary alicyclic amines) is 1. The van der Waals surface area contributed by atoms with Crippen LogP contribution in [0.4, 0.5) is 8.78 Å². The van der Waals surface area contributed by atoms with Gasteiger partial charge in [0.05, 0.1) is 25.3 Å². The molecule has 0 bridgehead atoms. The van der Waals surface area contributed by atoms with Crippen molar-refractivity contribution in [1.82, 2.24) is 14.7 Å². The second-order valence-electron chi connectivity index (χ2n) is 6.43. The first kappa shape index (κ1) is 14.3. The van der Waals surface area contributed by atoms with Crippen LogP contribution in [-0.2, 0) is 4.74 Å². The molecular formula is C14H18F2IN3O. The molecule has 1 aliphatic carbocycles. The van der Waals surface area contributed by atoms with Crippen molar-refractivity contribution in [2.45, 2.75) is 43.2 Å². The highest BCUT2D eigenvalue weighted by atomic mass is 127. The first-order valence-electron chi connectivity index (χ1n) is 7.46. The number of alkyl halides is 2. The van der Waals surface area contributed by atoms with E-state index in [0.717, 1.165) is 35.7 Å². The van der Waals surface area contributed by atoms with Crippen molar-refractivity contribution in [3.63, 3.8) is 0 Å². The predicted molar refractivity (Wildman–Crippen MR) is 81.7 cm³/mol. The molecular weight excluding hydrogens is 391 g/mol. The van der Waals surface area contributed by atoms with Gasteiger partial charge in [-0.05, 0) is 35.1 Å². The van der Waals surface area contributed by atoms with Crippen molar-refractivity contribution in [3.8, 4) is 0 Å². The summed E-state index contributed by atoms with van der Waals surface area (Å²) in [5, 5.41) is 4.49. The minimum Gasteiger partial charge on any atom is -0.378 e. The summed E-state index contributed by atoms with van der Waals surface area (Å²) in [6, 6.07) is 2.49. The average Bonchev–Trinajstić information content (AvgIpc) is 2.83. The van der Waals surface area contributed by atoms with Crippen LogP contribution in [0.1, 0.15) is 36.9 Å². The summed E-state index contributed by atoms with van der Waals surface area (Å²) in [6.45, 7) is 3.66. The quantitative estimate of drug-likeness (QED) is 0.720. The van der Waals surface area contributed by atoms with Gasteiger partial charge in [0.15, 0.2) is 0 Å². The molecule has 2 aliphatic heterocycles. The van der Waals surface area contributed by atoms with Crippen LogP contribution in [0.2, 0.25) is 0 Å². The maximum Gasteiger partial charge on any atom is 0.250 e. The Hall–Kier alpha value is -0.280. The van der Waals surface area contributed by atoms with Crippen LogP contribution in [0.15, 0.2) is 6.07 Å². The molecule has 3 aliphatic rings. The summed E-state index contributed by atoms with van der Waals surface area (Å²) in [6.07, 6.45) is 0.457. The summed E-state index contributed by atoms with van der Waals surface area (Å²) >= 11 is 2.18. The van der Waals surface area contributed by atoms with Gasteiger partial charge in [0, 0.05) is 37.5 Å². The van der Waals surface area contributed by atoms with Crippen LogP contribution in [-0.4, -0.2) is 52.9 Å². The van der Waals surface area contributed by atoms with E-state index in [2.05, 4.69) is 38.7 Å². The minimum atomic E-state index is -2.52. The van der Waals surface area contributed by atoms with Gasteiger partial charge in [0.1, 0.15) is 3.70 Å². The van der Waals surface area contributed by atoms with Crippen molar-refractivity contribution in [2.75, 3.05) is 26.3 Å². The second kappa shape index (κ2) is 5.13. The molecule has 1 unspecified atom stereocenters. The van der Waals surface area contributed by atoms with Gasteiger partial charge in [-0.2, -0.15) is 5.10 Å². The van der Waals surface area contributed by atoms with Crippen LogP contribution >= 0.6 is 22.6 Å². The molecule has 3 heterocycles. The predicted octanol–water partition coefficient (Wildman–Crippen LogP) is 2.65. The number of nitrogens with zero attached hydrogens (tertiary/aromatic N) is 3. The zero-order chi connectivity index (χ0) is 14.6. The number of hydrogen-bond acceptors (Lipinski definition) is 3. The van der Waals surface area contributed by atoms with Crippen molar-refractivity contribution >= 4 is 22.6 Å². The van der Waals surface area contributed by atoms with Gasteiger partial charge < -0.3 is 4.74 Å². The molecule has 116 valence electrons. The molecule has 0 amide bonds. The van der Waals surface area contributed by atoms with Crippen LogP contribution in [0.25, 0.3) is 0 Å². The van der Waals surface area contributed by atoms with E-state index in [-0.39, 0.29) is 18.9 Å². The van der Waals surface area contributed by atoms with Crippen LogP contribution in [0.3, 0.4) is 0 Å². The Labute approximate surface area is 136 Å². The lowest BCUT2D eigenvalue weighted by atomic mass is 9.93. The highest BCUT2D eigenvalue weighted by Gasteiger charge is 2.43. The number of hydrogen-bond donors (Lipinski definition) is 0. The Morgan fingerprint density at radius 1 is 1.29 bits per heavy atom. The van der Waals surface area contributed by atoms with Crippen LogP contribution in [0.5, 0.6) is 0 Å². The highest BCUT2D eigenvalue weighted by molar-refractivity contribution is 14.1. The fraction of sp³-hybridized carbons (Fsp3) is 0.786. The zero-order valence-electron chi connectivity index (χ0n) is 11.6. The molecule has 4 rings (SSSR count). The SMILES string of the molecule is FC1(F)CCC(n2nc(I)cc2C2CN(C3COC3)C2)C1. The molecule has 4 nitrogen and oxygen atoms in total. The Kier molecular flexibility index (Phi) is 3.50. The first-order chi connectivity index (χ1) is 10.0. The molecule has 7 heteroatoms. The van der Waals surface area contributed by atoms with Crippen LogP contribution in [0, 0.1) is 3.70 Å². The maximum absolute atomic E-state index is 13.5. The Morgan fingerprint density at radius 2 is 2.05 bits per heavy atom. The highest BCUT2D eigenvalue weighted by Crippen LogP contribution is 2.43. The van der Waals surface area contributed by atoms with E-state index in [0.29, 0.717) is 18.4 Å². The molecule has 1 aromatic rings. The molecule has 0 N–H and O–H groups in total. The van der Waals surface area contributed by atoms with Crippen molar-refractivity contribution in [1.29, 1.82) is 0 Å². The third kappa shape index (κ3) is 2.61. The fourth-order valence-corrected chi connectivity index (χ4v) is 4.09. The largest absolute Gasteiger partial charge is 0.378 e. The van der Waals surface area contributed by atoms with Crippen molar-refractivity contribution in [2.24, 2.45) is 0 Å². The van der Waals surface area contributed by atoms with E-state index in [4.69, 9.17) is 4.74 Å². The van der Waals surface area contributed by atoms with Gasteiger partial charge in [0.2, 0.25) is 5.92 Å². The number of ether oxygens (including phenoxy) is 1. The normalized spacial score (nSPS) is 30.3. The van der Waals surface area contributed by atoms with E-state index in [1.807, 2.05) is 4.68 Å². The lowest BCUT2D eigenvalue weighted by molar-refractivity contribution is -0.0914. The van der Waals surface area contributed by atoms with E-state index in [1.165, 1.54) is 0 Å². The van der Waals surface area contributed by atoms with Gasteiger partial charge >= 0.3 is 0 Å². The molecule has 21 heavy (non-hydrogen) atoms. The molecule has 2 saturated heterocycles. The molecule has 1 saturated carbocycles. The van der Waals surface area contributed by atoms with Gasteiger partial charge in [-0.15, -0.1) is 0 Å². The first-order valence-corrected chi connectivity index (χ1v) is 8.54. The van der Waals surface area contributed by atoms with Crippen molar-refractivity contribution in [3.05, 3.63) is 15.5 Å². The molecule has 3 fully saturated rings. The smallest absolute Gasteiger partial charge is 0.250 e. The Balaban J connectivity index is 1.48. The van der Waals surface area contributed by atoms with Gasteiger partial charge in [-0.25, -0.2) is 8.78 Å². The fourth-order valence-electron chi connectivity index (χ4n) is 3.54. The molecule has 0 radical (unpaired) electrons. The monoisotopic (exact) mass is 409 g/mol. The third-order valence-corrected chi connectivity index (χ3v) is 5.45. The molecule has 0 aromatic carbocycles. The van der Waals surface area contributed by atoms with Gasteiger partial charge in [-0.3, -0.25) is 9.58 Å². The van der Waals surface area contributed by atoms with Gasteiger partial charge in [-0.1, -0.05) is 0 Å². The maximum atomic E-state index is 13.5.